The van der Waals surface area contributed by atoms with Crippen molar-refractivity contribution in [3.05, 3.63) is 48.2 Å². The van der Waals surface area contributed by atoms with Crippen molar-refractivity contribution in [3.63, 3.8) is 0 Å². The zero-order valence-electron chi connectivity index (χ0n) is 17.5. The van der Waals surface area contributed by atoms with Gasteiger partial charge in [0.05, 0.1) is 19.8 Å². The van der Waals surface area contributed by atoms with Gasteiger partial charge < -0.3 is 24.0 Å². The quantitative estimate of drug-likeness (QED) is 0.736. The van der Waals surface area contributed by atoms with Crippen molar-refractivity contribution in [1.82, 2.24) is 14.8 Å². The fourth-order valence-electron chi connectivity index (χ4n) is 3.66. The Hall–Kier alpha value is -3.13. The summed E-state index contributed by atoms with van der Waals surface area (Å²) < 4.78 is 17.2. The lowest BCUT2D eigenvalue weighted by Gasteiger charge is -2.30. The van der Waals surface area contributed by atoms with Crippen LogP contribution in [-0.4, -0.2) is 72.6 Å². The molecule has 0 atom stereocenters. The van der Waals surface area contributed by atoms with Crippen LogP contribution in [0.4, 0.5) is 0 Å². The first-order valence-electron chi connectivity index (χ1n) is 10.7. The van der Waals surface area contributed by atoms with Crippen molar-refractivity contribution < 1.29 is 23.8 Å². The molecule has 0 unspecified atom stereocenters. The number of hydrogen-bond donors (Lipinski definition) is 0. The number of pyridine rings is 1. The number of amides is 2. The Morgan fingerprint density at radius 2 is 1.74 bits per heavy atom. The Morgan fingerprint density at radius 3 is 2.58 bits per heavy atom. The van der Waals surface area contributed by atoms with E-state index in [2.05, 4.69) is 4.98 Å². The molecule has 1 saturated heterocycles. The fourth-order valence-corrected chi connectivity index (χ4v) is 3.66. The molecule has 1 aromatic heterocycles. The van der Waals surface area contributed by atoms with Gasteiger partial charge in [-0.3, -0.25) is 9.59 Å². The number of hydrogen-bond acceptors (Lipinski definition) is 6. The van der Waals surface area contributed by atoms with Crippen LogP contribution in [0.2, 0.25) is 0 Å². The first-order chi connectivity index (χ1) is 15.2. The summed E-state index contributed by atoms with van der Waals surface area (Å²) in [6, 6.07) is 10.7. The second-order valence-electron chi connectivity index (χ2n) is 7.53. The number of rotatable bonds is 2. The second-order valence-corrected chi connectivity index (χ2v) is 7.53. The maximum Gasteiger partial charge on any atom is 0.259 e. The molecule has 2 amide bonds. The van der Waals surface area contributed by atoms with Gasteiger partial charge in [-0.1, -0.05) is 12.1 Å². The van der Waals surface area contributed by atoms with Crippen molar-refractivity contribution in [1.29, 1.82) is 0 Å². The van der Waals surface area contributed by atoms with Crippen LogP contribution in [0.5, 0.6) is 17.4 Å². The molecule has 1 aromatic carbocycles. The Bertz CT molecular complexity index is 914. The van der Waals surface area contributed by atoms with Crippen LogP contribution in [-0.2, 0) is 9.53 Å². The molecule has 0 N–H and O–H groups in total. The molecular formula is C23H27N3O5. The van der Waals surface area contributed by atoms with Crippen LogP contribution >= 0.6 is 0 Å². The number of morpholine rings is 1. The smallest absolute Gasteiger partial charge is 0.259 e. The third-order valence-corrected chi connectivity index (χ3v) is 5.36. The summed E-state index contributed by atoms with van der Waals surface area (Å²) in [7, 11) is 0. The maximum atomic E-state index is 13.4. The van der Waals surface area contributed by atoms with Gasteiger partial charge in [-0.05, 0) is 43.5 Å². The number of ether oxygens (including phenoxy) is 3. The summed E-state index contributed by atoms with van der Waals surface area (Å²) in [6.45, 7) is 3.22. The van der Waals surface area contributed by atoms with Gasteiger partial charge in [0, 0.05) is 25.8 Å². The van der Waals surface area contributed by atoms with Crippen molar-refractivity contribution >= 4 is 11.8 Å². The maximum absolute atomic E-state index is 13.4. The minimum absolute atomic E-state index is 0.0280. The third-order valence-electron chi connectivity index (χ3n) is 5.36. The van der Waals surface area contributed by atoms with E-state index in [0.717, 1.165) is 19.3 Å². The Morgan fingerprint density at radius 1 is 0.935 bits per heavy atom. The summed E-state index contributed by atoms with van der Waals surface area (Å²) >= 11 is 0. The Labute approximate surface area is 181 Å². The van der Waals surface area contributed by atoms with Crippen LogP contribution in [0.15, 0.2) is 42.6 Å². The van der Waals surface area contributed by atoms with E-state index < -0.39 is 0 Å². The van der Waals surface area contributed by atoms with Gasteiger partial charge in [-0.15, -0.1) is 0 Å². The lowest BCUT2D eigenvalue weighted by Crippen LogP contribution is -2.47. The zero-order valence-corrected chi connectivity index (χ0v) is 17.5. The summed E-state index contributed by atoms with van der Waals surface area (Å²) in [5.74, 6) is 0.991. The second kappa shape index (κ2) is 10.3. The molecule has 3 heterocycles. The average Bonchev–Trinajstić information content (AvgIpc) is 2.82. The predicted molar refractivity (Wildman–Crippen MR) is 113 cm³/mol. The first kappa shape index (κ1) is 21.1. The SMILES string of the molecule is O=C(CN1CCCCCOc2ccccc2Oc2ncccc2C1=O)N1CCOCC1. The van der Waals surface area contributed by atoms with Crippen molar-refractivity contribution in [2.45, 2.75) is 19.3 Å². The van der Waals surface area contributed by atoms with Gasteiger partial charge >= 0.3 is 0 Å². The summed E-state index contributed by atoms with van der Waals surface area (Å²) in [4.78, 5) is 33.9. The molecule has 2 aliphatic rings. The van der Waals surface area contributed by atoms with Gasteiger partial charge in [0.2, 0.25) is 11.8 Å². The fraction of sp³-hybridized carbons (Fsp3) is 0.435. The van der Waals surface area contributed by atoms with Crippen LogP contribution in [0.3, 0.4) is 0 Å². The lowest BCUT2D eigenvalue weighted by molar-refractivity contribution is -0.136. The Kier molecular flexibility index (Phi) is 6.99. The van der Waals surface area contributed by atoms with Crippen LogP contribution in [0.25, 0.3) is 0 Å². The molecular weight excluding hydrogens is 398 g/mol. The lowest BCUT2D eigenvalue weighted by atomic mass is 10.2. The first-order valence-corrected chi connectivity index (χ1v) is 10.7. The molecule has 164 valence electrons. The summed E-state index contributed by atoms with van der Waals surface area (Å²) in [5.41, 5.74) is 0.325. The molecule has 0 bridgehead atoms. The van der Waals surface area contributed by atoms with E-state index >= 15 is 0 Å². The third kappa shape index (κ3) is 5.32. The van der Waals surface area contributed by atoms with Gasteiger partial charge in [-0.2, -0.15) is 0 Å². The molecule has 0 aliphatic carbocycles. The van der Waals surface area contributed by atoms with E-state index in [1.807, 2.05) is 18.2 Å². The van der Waals surface area contributed by atoms with E-state index in [-0.39, 0.29) is 24.2 Å². The number of carbonyl (C=O) groups excluding carboxylic acids is 2. The highest BCUT2D eigenvalue weighted by molar-refractivity contribution is 5.98. The molecule has 0 spiro atoms. The highest BCUT2D eigenvalue weighted by Crippen LogP contribution is 2.32. The molecule has 0 saturated carbocycles. The molecule has 1 fully saturated rings. The number of aromatic nitrogens is 1. The number of fused-ring (bicyclic) bond motifs is 2. The van der Waals surface area contributed by atoms with Crippen molar-refractivity contribution in [2.75, 3.05) is 46.0 Å². The standard InChI is InChI=1S/C23H27N3O5/c27-21(25-12-15-29-16-13-25)17-26-11-4-1-5-14-30-19-8-2-3-9-20(19)31-22-18(23(26)28)7-6-10-24-22/h2-3,6-10H,1,4-5,11-17H2. The molecule has 31 heavy (non-hydrogen) atoms. The average molecular weight is 425 g/mol. The molecule has 8 nitrogen and oxygen atoms in total. The van der Waals surface area contributed by atoms with Gasteiger partial charge in [-0.25, -0.2) is 4.98 Å². The van der Waals surface area contributed by atoms with Crippen molar-refractivity contribution in [3.8, 4) is 17.4 Å². The van der Waals surface area contributed by atoms with E-state index in [1.54, 1.807) is 34.2 Å². The highest BCUT2D eigenvalue weighted by Gasteiger charge is 2.26. The predicted octanol–water partition coefficient (Wildman–Crippen LogP) is 2.74. The minimum Gasteiger partial charge on any atom is -0.490 e. The molecule has 0 radical (unpaired) electrons. The van der Waals surface area contributed by atoms with Crippen LogP contribution in [0.1, 0.15) is 29.6 Å². The van der Waals surface area contributed by atoms with Gasteiger partial charge in [0.25, 0.3) is 5.91 Å². The van der Waals surface area contributed by atoms with Gasteiger partial charge in [0.15, 0.2) is 11.5 Å². The molecule has 4 rings (SSSR count). The van der Waals surface area contributed by atoms with Crippen LogP contribution in [0, 0.1) is 0 Å². The van der Waals surface area contributed by atoms with E-state index in [4.69, 9.17) is 14.2 Å². The van der Waals surface area contributed by atoms with Crippen LogP contribution < -0.4 is 9.47 Å². The number of benzene rings is 1. The van der Waals surface area contributed by atoms with E-state index in [1.165, 1.54) is 0 Å². The zero-order chi connectivity index (χ0) is 21.5. The highest BCUT2D eigenvalue weighted by atomic mass is 16.5. The number of carbonyl (C=O) groups is 2. The van der Waals surface area contributed by atoms with E-state index in [9.17, 15) is 9.59 Å². The Balaban J connectivity index is 1.60. The normalized spacial score (nSPS) is 17.7. The molecule has 2 aliphatic heterocycles. The van der Waals surface area contributed by atoms with Gasteiger partial charge in [0.1, 0.15) is 12.1 Å². The number of nitrogens with zero attached hydrogens (tertiary/aromatic N) is 3. The van der Waals surface area contributed by atoms with E-state index in [0.29, 0.717) is 56.5 Å². The summed E-state index contributed by atoms with van der Waals surface area (Å²) in [6.07, 6.45) is 4.10. The minimum atomic E-state index is -0.262. The molecule has 8 heteroatoms. The van der Waals surface area contributed by atoms with Crippen molar-refractivity contribution in [2.24, 2.45) is 0 Å². The number of para-hydroxylation sites is 2. The largest absolute Gasteiger partial charge is 0.490 e. The summed E-state index contributed by atoms with van der Waals surface area (Å²) in [5, 5.41) is 0. The topological polar surface area (TPSA) is 81.2 Å². The monoisotopic (exact) mass is 425 g/mol. The molecule has 2 aromatic rings.